The summed E-state index contributed by atoms with van der Waals surface area (Å²) in [6.07, 6.45) is 12.6. The van der Waals surface area contributed by atoms with Gasteiger partial charge in [-0.25, -0.2) is 0 Å². The zero-order valence-electron chi connectivity index (χ0n) is 14.8. The maximum atomic E-state index is 12.9. The van der Waals surface area contributed by atoms with Crippen LogP contribution in [0.3, 0.4) is 0 Å². The maximum absolute atomic E-state index is 12.9. The molecule has 134 valence electrons. The molecular formula is C19H35ClN2O. The molecule has 3 fully saturated rings. The first-order valence-electron chi connectivity index (χ1n) is 9.74. The first kappa shape index (κ1) is 19.1. The van der Waals surface area contributed by atoms with E-state index in [2.05, 4.69) is 17.1 Å². The number of carbonyl (C=O) groups is 1. The standard InChI is InChI=1S/C19H34N2O.ClH/c1-15(17-9-11-20-12-10-17)13-19(22)21(18-7-8-18)14-16-5-3-2-4-6-16;/h15-18,20H,2-14H2,1H3;1H. The third kappa shape index (κ3) is 5.63. The molecule has 1 heterocycles. The lowest BCUT2D eigenvalue weighted by molar-refractivity contribution is -0.134. The van der Waals surface area contributed by atoms with E-state index in [0.29, 0.717) is 17.9 Å². The van der Waals surface area contributed by atoms with Crippen molar-refractivity contribution in [1.82, 2.24) is 10.2 Å². The summed E-state index contributed by atoms with van der Waals surface area (Å²) in [5.41, 5.74) is 0. The number of carbonyl (C=O) groups excluding carboxylic acids is 1. The molecule has 3 rings (SSSR count). The van der Waals surface area contributed by atoms with Gasteiger partial charge < -0.3 is 10.2 Å². The van der Waals surface area contributed by atoms with Crippen molar-refractivity contribution in [3.8, 4) is 0 Å². The lowest BCUT2D eigenvalue weighted by Crippen LogP contribution is -2.39. The summed E-state index contributed by atoms with van der Waals surface area (Å²) in [6.45, 7) is 5.64. The summed E-state index contributed by atoms with van der Waals surface area (Å²) in [5.74, 6) is 2.55. The van der Waals surface area contributed by atoms with Crippen molar-refractivity contribution in [3.05, 3.63) is 0 Å². The van der Waals surface area contributed by atoms with Gasteiger partial charge in [0.1, 0.15) is 0 Å². The quantitative estimate of drug-likeness (QED) is 0.791. The van der Waals surface area contributed by atoms with Gasteiger partial charge in [0, 0.05) is 19.0 Å². The minimum Gasteiger partial charge on any atom is -0.339 e. The minimum atomic E-state index is 0. The van der Waals surface area contributed by atoms with Crippen LogP contribution in [0.1, 0.15) is 71.1 Å². The fourth-order valence-electron chi connectivity index (χ4n) is 4.46. The summed E-state index contributed by atoms with van der Waals surface area (Å²) in [6, 6.07) is 0.592. The van der Waals surface area contributed by atoms with Gasteiger partial charge in [-0.3, -0.25) is 4.79 Å². The Bertz CT molecular complexity index is 360. The van der Waals surface area contributed by atoms with E-state index in [4.69, 9.17) is 0 Å². The fourth-order valence-corrected chi connectivity index (χ4v) is 4.46. The van der Waals surface area contributed by atoms with Crippen molar-refractivity contribution in [2.24, 2.45) is 17.8 Å². The second-order valence-corrected chi connectivity index (χ2v) is 8.05. The molecule has 1 aliphatic heterocycles. The summed E-state index contributed by atoms with van der Waals surface area (Å²) >= 11 is 0. The van der Waals surface area contributed by atoms with Crippen molar-refractivity contribution in [2.75, 3.05) is 19.6 Å². The topological polar surface area (TPSA) is 32.3 Å². The van der Waals surface area contributed by atoms with Crippen LogP contribution in [-0.2, 0) is 4.79 Å². The molecule has 1 atom stereocenters. The number of hydrogen-bond acceptors (Lipinski definition) is 2. The molecule has 0 spiro atoms. The molecule has 1 N–H and O–H groups in total. The highest BCUT2D eigenvalue weighted by molar-refractivity contribution is 5.85. The summed E-state index contributed by atoms with van der Waals surface area (Å²) in [5, 5.41) is 3.43. The fraction of sp³-hybridized carbons (Fsp3) is 0.947. The Morgan fingerprint density at radius 3 is 2.30 bits per heavy atom. The second-order valence-electron chi connectivity index (χ2n) is 8.05. The van der Waals surface area contributed by atoms with Crippen LogP contribution in [0.2, 0.25) is 0 Å². The smallest absolute Gasteiger partial charge is 0.223 e. The lowest BCUT2D eigenvalue weighted by Gasteiger charge is -2.33. The Labute approximate surface area is 148 Å². The Balaban J connectivity index is 0.00000192. The van der Waals surface area contributed by atoms with Crippen LogP contribution in [0.25, 0.3) is 0 Å². The first-order valence-corrected chi connectivity index (χ1v) is 9.74. The number of amides is 1. The molecule has 0 aromatic carbocycles. The van der Waals surface area contributed by atoms with Crippen LogP contribution in [0.4, 0.5) is 0 Å². The molecule has 1 unspecified atom stereocenters. The van der Waals surface area contributed by atoms with Gasteiger partial charge in [-0.05, 0) is 69.4 Å². The van der Waals surface area contributed by atoms with Crippen LogP contribution in [0, 0.1) is 17.8 Å². The van der Waals surface area contributed by atoms with Gasteiger partial charge in [-0.15, -0.1) is 12.4 Å². The predicted molar refractivity (Wildman–Crippen MR) is 97.9 cm³/mol. The van der Waals surface area contributed by atoms with E-state index in [1.165, 1.54) is 57.8 Å². The van der Waals surface area contributed by atoms with Crippen LogP contribution in [0.5, 0.6) is 0 Å². The molecule has 3 aliphatic rings. The molecule has 0 bridgehead atoms. The molecule has 0 aromatic rings. The van der Waals surface area contributed by atoms with Crippen molar-refractivity contribution in [3.63, 3.8) is 0 Å². The average Bonchev–Trinajstić information content (AvgIpc) is 3.39. The molecule has 2 aliphatic carbocycles. The molecule has 0 radical (unpaired) electrons. The van der Waals surface area contributed by atoms with E-state index in [-0.39, 0.29) is 12.4 Å². The highest BCUT2D eigenvalue weighted by Gasteiger charge is 2.35. The molecule has 0 aromatic heterocycles. The van der Waals surface area contributed by atoms with Crippen molar-refractivity contribution >= 4 is 18.3 Å². The molecule has 23 heavy (non-hydrogen) atoms. The number of hydrogen-bond donors (Lipinski definition) is 1. The lowest BCUT2D eigenvalue weighted by atomic mass is 9.83. The van der Waals surface area contributed by atoms with Gasteiger partial charge in [0.15, 0.2) is 0 Å². The van der Waals surface area contributed by atoms with E-state index in [1.807, 2.05) is 0 Å². The van der Waals surface area contributed by atoms with E-state index in [1.54, 1.807) is 0 Å². The number of nitrogens with one attached hydrogen (secondary N) is 1. The van der Waals surface area contributed by atoms with Gasteiger partial charge in [-0.2, -0.15) is 0 Å². The molecule has 1 amide bonds. The summed E-state index contributed by atoms with van der Waals surface area (Å²) in [4.78, 5) is 15.1. The SMILES string of the molecule is CC(CC(=O)N(CC1CCCCC1)C1CC1)C1CCNCC1.Cl. The monoisotopic (exact) mass is 342 g/mol. The van der Waals surface area contributed by atoms with E-state index >= 15 is 0 Å². The van der Waals surface area contributed by atoms with Crippen LogP contribution in [0.15, 0.2) is 0 Å². The normalized spacial score (nSPS) is 24.7. The van der Waals surface area contributed by atoms with Gasteiger partial charge in [0.05, 0.1) is 0 Å². The summed E-state index contributed by atoms with van der Waals surface area (Å²) in [7, 11) is 0. The summed E-state index contributed by atoms with van der Waals surface area (Å²) < 4.78 is 0. The van der Waals surface area contributed by atoms with Gasteiger partial charge >= 0.3 is 0 Å². The number of rotatable bonds is 6. The highest BCUT2D eigenvalue weighted by atomic mass is 35.5. The average molecular weight is 343 g/mol. The Morgan fingerprint density at radius 2 is 1.70 bits per heavy atom. The highest BCUT2D eigenvalue weighted by Crippen LogP contribution is 2.33. The maximum Gasteiger partial charge on any atom is 0.223 e. The zero-order chi connectivity index (χ0) is 15.4. The van der Waals surface area contributed by atoms with Crippen LogP contribution < -0.4 is 5.32 Å². The van der Waals surface area contributed by atoms with Crippen LogP contribution >= 0.6 is 12.4 Å². The predicted octanol–water partition coefficient (Wildman–Crippen LogP) is 4.01. The van der Waals surface area contributed by atoms with E-state index < -0.39 is 0 Å². The van der Waals surface area contributed by atoms with E-state index in [0.717, 1.165) is 37.9 Å². The third-order valence-corrected chi connectivity index (χ3v) is 6.17. The van der Waals surface area contributed by atoms with E-state index in [9.17, 15) is 4.79 Å². The molecular weight excluding hydrogens is 308 g/mol. The zero-order valence-corrected chi connectivity index (χ0v) is 15.6. The van der Waals surface area contributed by atoms with Gasteiger partial charge in [0.25, 0.3) is 0 Å². The third-order valence-electron chi connectivity index (χ3n) is 6.17. The minimum absolute atomic E-state index is 0. The first-order chi connectivity index (χ1) is 10.7. The van der Waals surface area contributed by atoms with Crippen molar-refractivity contribution in [1.29, 1.82) is 0 Å². The van der Waals surface area contributed by atoms with Gasteiger partial charge in [-0.1, -0.05) is 26.2 Å². The number of piperidine rings is 1. The molecule has 2 saturated carbocycles. The molecule has 3 nitrogen and oxygen atoms in total. The Hall–Kier alpha value is -0.280. The Morgan fingerprint density at radius 1 is 1.04 bits per heavy atom. The second kappa shape index (κ2) is 9.27. The van der Waals surface area contributed by atoms with Crippen molar-refractivity contribution < 1.29 is 4.79 Å². The van der Waals surface area contributed by atoms with Gasteiger partial charge in [0.2, 0.25) is 5.91 Å². The largest absolute Gasteiger partial charge is 0.339 e. The molecule has 1 saturated heterocycles. The molecule has 4 heteroatoms. The van der Waals surface area contributed by atoms with Crippen LogP contribution in [-0.4, -0.2) is 36.5 Å². The number of nitrogens with zero attached hydrogens (tertiary/aromatic N) is 1. The van der Waals surface area contributed by atoms with Crippen molar-refractivity contribution in [2.45, 2.75) is 77.2 Å². The Kier molecular flexibility index (Phi) is 7.68. The number of halogens is 1.